The molecule has 0 atom stereocenters. The predicted octanol–water partition coefficient (Wildman–Crippen LogP) is 7.69. The van der Waals surface area contributed by atoms with E-state index in [1.807, 2.05) is 48.9 Å². The first-order valence-electron chi connectivity index (χ1n) is 11.9. The fourth-order valence-corrected chi connectivity index (χ4v) is 5.48. The molecule has 5 heterocycles. The van der Waals surface area contributed by atoms with Gasteiger partial charge in [-0.1, -0.05) is 48.5 Å². The molecule has 0 amide bonds. The number of hydrogen-bond donors (Lipinski definition) is 0. The van der Waals surface area contributed by atoms with Crippen molar-refractivity contribution in [2.75, 3.05) is 0 Å². The molecule has 0 aliphatic heterocycles. The molecule has 0 N–H and O–H groups in total. The summed E-state index contributed by atoms with van der Waals surface area (Å²) in [6.07, 6.45) is 7.37. The molecule has 0 bridgehead atoms. The Bertz CT molecular complexity index is 2100. The van der Waals surface area contributed by atoms with Gasteiger partial charge >= 0.3 is 0 Å². The van der Waals surface area contributed by atoms with Crippen molar-refractivity contribution in [3.05, 3.63) is 110 Å². The summed E-state index contributed by atoms with van der Waals surface area (Å²) >= 11 is 0. The van der Waals surface area contributed by atoms with Crippen LogP contribution in [0, 0.1) is 0 Å². The van der Waals surface area contributed by atoms with Crippen LogP contribution in [0.2, 0.25) is 0 Å². The van der Waals surface area contributed by atoms with Crippen molar-refractivity contribution < 1.29 is 4.42 Å². The fourth-order valence-electron chi connectivity index (χ4n) is 5.48. The van der Waals surface area contributed by atoms with Gasteiger partial charge in [-0.15, -0.1) is 0 Å². The van der Waals surface area contributed by atoms with E-state index in [2.05, 4.69) is 64.1 Å². The zero-order chi connectivity index (χ0) is 23.6. The van der Waals surface area contributed by atoms with Gasteiger partial charge in [-0.2, -0.15) is 0 Å². The molecule has 0 saturated carbocycles. The lowest BCUT2D eigenvalue weighted by atomic mass is 10.0. The van der Waals surface area contributed by atoms with Gasteiger partial charge in [0.25, 0.3) is 0 Å². The van der Waals surface area contributed by atoms with Crippen LogP contribution in [0.4, 0.5) is 0 Å². The molecular formula is C31H18N4O. The monoisotopic (exact) mass is 462 g/mol. The van der Waals surface area contributed by atoms with E-state index in [-0.39, 0.29) is 0 Å². The number of nitrogens with zero attached hydrogens (tertiary/aromatic N) is 4. The van der Waals surface area contributed by atoms with Crippen molar-refractivity contribution >= 4 is 54.6 Å². The third-order valence-electron chi connectivity index (χ3n) is 6.97. The topological polar surface area (TPSA) is 56.7 Å². The number of aromatic nitrogens is 4. The van der Waals surface area contributed by atoms with Crippen LogP contribution < -0.4 is 0 Å². The third-order valence-corrected chi connectivity index (χ3v) is 6.97. The van der Waals surface area contributed by atoms with E-state index in [4.69, 9.17) is 14.4 Å². The van der Waals surface area contributed by atoms with Gasteiger partial charge in [-0.3, -0.25) is 14.5 Å². The molecule has 0 aliphatic rings. The van der Waals surface area contributed by atoms with Gasteiger partial charge in [0.2, 0.25) is 0 Å². The summed E-state index contributed by atoms with van der Waals surface area (Å²) in [5, 5.41) is 5.50. The van der Waals surface area contributed by atoms with Gasteiger partial charge < -0.3 is 4.42 Å². The predicted molar refractivity (Wildman–Crippen MR) is 144 cm³/mol. The molecule has 5 nitrogen and oxygen atoms in total. The molecule has 5 heteroatoms. The van der Waals surface area contributed by atoms with E-state index in [1.165, 1.54) is 0 Å². The molecule has 36 heavy (non-hydrogen) atoms. The summed E-state index contributed by atoms with van der Waals surface area (Å²) in [7, 11) is 0. The van der Waals surface area contributed by atoms with E-state index in [0.29, 0.717) is 0 Å². The quantitative estimate of drug-likeness (QED) is 0.264. The van der Waals surface area contributed by atoms with E-state index < -0.39 is 0 Å². The van der Waals surface area contributed by atoms with Crippen molar-refractivity contribution in [3.8, 4) is 16.9 Å². The number of pyridine rings is 3. The Morgan fingerprint density at radius 3 is 2.39 bits per heavy atom. The van der Waals surface area contributed by atoms with Crippen LogP contribution in [-0.2, 0) is 0 Å². The zero-order valence-electron chi connectivity index (χ0n) is 19.1. The molecule has 8 aromatic rings. The van der Waals surface area contributed by atoms with Crippen LogP contribution >= 0.6 is 0 Å². The second-order valence-electron chi connectivity index (χ2n) is 8.92. The van der Waals surface area contributed by atoms with Gasteiger partial charge in [0.1, 0.15) is 16.9 Å². The number of hydrogen-bond acceptors (Lipinski definition) is 4. The molecule has 0 unspecified atom stereocenters. The maximum absolute atomic E-state index is 6.45. The van der Waals surface area contributed by atoms with E-state index in [0.717, 1.165) is 71.6 Å². The number of furan rings is 1. The van der Waals surface area contributed by atoms with Gasteiger partial charge in [0, 0.05) is 51.9 Å². The highest BCUT2D eigenvalue weighted by molar-refractivity contribution is 6.34. The fraction of sp³-hybridized carbons (Fsp3) is 0. The average Bonchev–Trinajstić information content (AvgIpc) is 3.50. The summed E-state index contributed by atoms with van der Waals surface area (Å²) in [5.41, 5.74) is 6.80. The Hall–Kier alpha value is -5.03. The van der Waals surface area contributed by atoms with Gasteiger partial charge in [0.05, 0.1) is 16.4 Å². The Balaban J connectivity index is 1.63. The number of benzene rings is 3. The van der Waals surface area contributed by atoms with Gasteiger partial charge in [0.15, 0.2) is 5.58 Å². The van der Waals surface area contributed by atoms with Crippen LogP contribution in [0.1, 0.15) is 0 Å². The molecule has 168 valence electrons. The van der Waals surface area contributed by atoms with Gasteiger partial charge in [-0.05, 0) is 42.0 Å². The Morgan fingerprint density at radius 2 is 1.47 bits per heavy atom. The number of para-hydroxylation sites is 2. The number of rotatable bonds is 2. The first-order chi connectivity index (χ1) is 17.9. The third kappa shape index (κ3) is 2.57. The van der Waals surface area contributed by atoms with Crippen molar-refractivity contribution in [2.45, 2.75) is 0 Å². The van der Waals surface area contributed by atoms with Crippen molar-refractivity contribution in [1.29, 1.82) is 0 Å². The Morgan fingerprint density at radius 1 is 0.639 bits per heavy atom. The van der Waals surface area contributed by atoms with Crippen molar-refractivity contribution in [3.63, 3.8) is 0 Å². The molecule has 0 saturated heterocycles. The normalized spacial score (nSPS) is 11.9. The summed E-state index contributed by atoms with van der Waals surface area (Å²) < 4.78 is 8.71. The lowest BCUT2D eigenvalue weighted by Crippen LogP contribution is -1.98. The van der Waals surface area contributed by atoms with Crippen molar-refractivity contribution in [2.24, 2.45) is 0 Å². The minimum atomic E-state index is 0.798. The van der Waals surface area contributed by atoms with Crippen LogP contribution in [0.25, 0.3) is 71.6 Å². The first kappa shape index (κ1) is 19.3. The lowest BCUT2D eigenvalue weighted by molar-refractivity contribution is 0.672. The minimum absolute atomic E-state index is 0.798. The largest absolute Gasteiger partial charge is 0.454 e. The minimum Gasteiger partial charge on any atom is -0.454 e. The van der Waals surface area contributed by atoms with Gasteiger partial charge in [-0.25, -0.2) is 4.98 Å². The average molecular weight is 463 g/mol. The highest BCUT2D eigenvalue weighted by Gasteiger charge is 2.23. The Labute approximate surface area is 205 Å². The van der Waals surface area contributed by atoms with Crippen LogP contribution in [0.3, 0.4) is 0 Å². The van der Waals surface area contributed by atoms with Crippen LogP contribution in [0.15, 0.2) is 114 Å². The highest BCUT2D eigenvalue weighted by Crippen LogP contribution is 2.45. The highest BCUT2D eigenvalue weighted by atomic mass is 16.3. The maximum atomic E-state index is 6.45. The summed E-state index contributed by atoms with van der Waals surface area (Å²) in [4.78, 5) is 13.9. The van der Waals surface area contributed by atoms with Crippen LogP contribution in [0.5, 0.6) is 0 Å². The van der Waals surface area contributed by atoms with Crippen LogP contribution in [-0.4, -0.2) is 19.5 Å². The zero-order valence-corrected chi connectivity index (χ0v) is 19.1. The number of fused-ring (bicyclic) bond motifs is 10. The lowest BCUT2D eigenvalue weighted by Gasteiger charge is -2.10. The summed E-state index contributed by atoms with van der Waals surface area (Å²) in [6.45, 7) is 0. The Kier molecular flexibility index (Phi) is 3.88. The summed E-state index contributed by atoms with van der Waals surface area (Å²) in [6, 6.07) is 29.0. The van der Waals surface area contributed by atoms with Crippen molar-refractivity contribution in [1.82, 2.24) is 19.5 Å². The molecular weight excluding hydrogens is 444 g/mol. The molecule has 0 fully saturated rings. The standard InChI is InChI=1S/C31H18N4O/c1-3-11-24-21(8-1)27-23-10-6-15-34-29(23)31-28(22-9-2-4-12-25(22)36-31)30(27)35(24)26-17-19(13-16-33-26)20-7-5-14-32-18-20/h1-18H. The molecule has 8 rings (SSSR count). The van der Waals surface area contributed by atoms with E-state index in [1.54, 1.807) is 6.20 Å². The molecule has 3 aromatic carbocycles. The molecule has 0 aliphatic carbocycles. The molecule has 0 radical (unpaired) electrons. The molecule has 0 spiro atoms. The second kappa shape index (κ2) is 7.23. The SMILES string of the molecule is c1cncc(-c2ccnc(-n3c4ccccc4c4c5cccnc5c5oc6ccccc6c5c43)c2)c1. The molecule has 5 aromatic heterocycles. The summed E-state index contributed by atoms with van der Waals surface area (Å²) in [5.74, 6) is 0.845. The van der Waals surface area contributed by atoms with E-state index >= 15 is 0 Å². The maximum Gasteiger partial charge on any atom is 0.163 e. The first-order valence-corrected chi connectivity index (χ1v) is 11.9. The van der Waals surface area contributed by atoms with E-state index in [9.17, 15) is 0 Å². The smallest absolute Gasteiger partial charge is 0.163 e. The second-order valence-corrected chi connectivity index (χ2v) is 8.92.